The number of hydrogen-bond donors (Lipinski definition) is 3. The molecule has 3 aromatic carbocycles. The number of phenols is 1. The molecule has 6 unspecified atom stereocenters. The van der Waals surface area contributed by atoms with Crippen molar-refractivity contribution in [1.82, 2.24) is 4.98 Å². The molecule has 3 fully saturated rings. The van der Waals surface area contributed by atoms with Crippen molar-refractivity contribution < 1.29 is 29.0 Å². The van der Waals surface area contributed by atoms with E-state index in [1.165, 1.54) is 35.5 Å². The molecule has 2 saturated carbocycles. The molecule has 0 radical (unpaired) electrons. The van der Waals surface area contributed by atoms with Crippen molar-refractivity contribution in [1.29, 1.82) is 0 Å². The van der Waals surface area contributed by atoms with E-state index in [0.29, 0.717) is 22.9 Å². The number of benzene rings is 3. The number of aromatic hydroxyl groups is 1. The zero-order chi connectivity index (χ0) is 31.7. The first-order chi connectivity index (χ1) is 22.3. The average molecular weight is 656 g/mol. The topological polar surface area (TPSA) is 138 Å². The van der Waals surface area contributed by atoms with Crippen LogP contribution in [0.4, 0.5) is 11.4 Å². The molecule has 2 aliphatic heterocycles. The van der Waals surface area contributed by atoms with Crippen LogP contribution >= 0.6 is 23.1 Å². The Morgan fingerprint density at radius 3 is 2.46 bits per heavy atom. The largest absolute Gasteiger partial charge is 0.508 e. The van der Waals surface area contributed by atoms with E-state index in [9.17, 15) is 24.3 Å². The van der Waals surface area contributed by atoms with E-state index in [-0.39, 0.29) is 69.8 Å². The first-order valence-electron chi connectivity index (χ1n) is 15.0. The third-order valence-electron chi connectivity index (χ3n) is 9.79. The van der Waals surface area contributed by atoms with Crippen molar-refractivity contribution in [2.75, 3.05) is 23.9 Å². The lowest BCUT2D eigenvalue weighted by atomic mass is 9.68. The number of carbonyl (C=O) groups is 3. The summed E-state index contributed by atoms with van der Waals surface area (Å²) in [5.41, 5.74) is 2.06. The quantitative estimate of drug-likeness (QED) is 0.190. The Bertz CT molecular complexity index is 1920. The normalized spacial score (nSPS) is 27.2. The van der Waals surface area contributed by atoms with Gasteiger partial charge >= 0.3 is 4.87 Å². The minimum atomic E-state index is -0.393. The Labute approximate surface area is 271 Å². The van der Waals surface area contributed by atoms with Crippen molar-refractivity contribution in [3.05, 3.63) is 92.9 Å². The van der Waals surface area contributed by atoms with Gasteiger partial charge in [-0.05, 0) is 78.3 Å². The number of nitrogens with one attached hydrogen (secondary N) is 2. The maximum absolute atomic E-state index is 13.9. The standard InChI is InChI=1S/C34H29N3O7S2/c1-43-23-13-16(7-12-22(23)44-15-24(39)35-17-8-10-19(38)11-9-17)25-26-20-14-21(29(26)45-31-30(25)46-34(42)36-31)28-27(20)32(40)37(33(28)41)18-5-3-2-4-6-18/h2-13,20-21,25-29,38H,14-15H2,1H3,(H,35,39)(H,36,42)/t20?,21?,25-,26?,27?,28?,29?/m1/s1. The van der Waals surface area contributed by atoms with Gasteiger partial charge in [-0.25, -0.2) is 0 Å². The minimum absolute atomic E-state index is 0.0152. The number of aromatic nitrogens is 1. The molecule has 0 spiro atoms. The van der Waals surface area contributed by atoms with E-state index in [2.05, 4.69) is 10.3 Å². The van der Waals surface area contributed by atoms with Crippen molar-refractivity contribution in [3.8, 4) is 17.2 Å². The van der Waals surface area contributed by atoms with Gasteiger partial charge in [0.1, 0.15) is 5.75 Å². The summed E-state index contributed by atoms with van der Waals surface area (Å²) >= 11 is 2.84. The van der Waals surface area contributed by atoms with Crippen LogP contribution < -0.4 is 24.6 Å². The van der Waals surface area contributed by atoms with Crippen LogP contribution in [0.2, 0.25) is 0 Å². The summed E-state index contributed by atoms with van der Waals surface area (Å²) in [4.78, 5) is 58.1. The number of aromatic amines is 1. The second kappa shape index (κ2) is 11.1. The summed E-state index contributed by atoms with van der Waals surface area (Å²) < 4.78 is 11.6. The van der Waals surface area contributed by atoms with Crippen LogP contribution in [0.1, 0.15) is 22.8 Å². The number of amides is 3. The summed E-state index contributed by atoms with van der Waals surface area (Å²) in [6.07, 6.45) is 0.794. The molecule has 2 aliphatic carbocycles. The van der Waals surface area contributed by atoms with Gasteiger partial charge in [0.25, 0.3) is 5.91 Å². The lowest BCUT2D eigenvalue weighted by Crippen LogP contribution is -2.42. The highest BCUT2D eigenvalue weighted by molar-refractivity contribution is 8.00. The van der Waals surface area contributed by atoms with Crippen molar-refractivity contribution >= 4 is 52.2 Å². The zero-order valence-corrected chi connectivity index (χ0v) is 26.2. The van der Waals surface area contributed by atoms with E-state index in [1.54, 1.807) is 42.1 Å². The number of nitrogens with zero attached hydrogens (tertiary/aromatic N) is 1. The molecule has 2 bridgehead atoms. The molecule has 3 heterocycles. The Balaban J connectivity index is 1.09. The highest BCUT2D eigenvalue weighted by atomic mass is 32.2. The summed E-state index contributed by atoms with van der Waals surface area (Å²) in [7, 11) is 1.53. The molecular weight excluding hydrogens is 627 g/mol. The number of methoxy groups -OCH3 is 1. The molecule has 3 amide bonds. The van der Waals surface area contributed by atoms with E-state index < -0.39 is 5.92 Å². The molecular formula is C34H29N3O7S2. The molecule has 3 N–H and O–H groups in total. The number of ether oxygens (including phenoxy) is 2. The van der Waals surface area contributed by atoms with E-state index >= 15 is 0 Å². The number of imide groups is 1. The Hall–Kier alpha value is -4.55. The lowest BCUT2D eigenvalue weighted by Gasteiger charge is -2.43. The number of carbonyl (C=O) groups excluding carboxylic acids is 3. The molecule has 1 aromatic heterocycles. The van der Waals surface area contributed by atoms with Gasteiger partial charge in [-0.1, -0.05) is 35.6 Å². The number of hydrogen-bond acceptors (Lipinski definition) is 9. The lowest BCUT2D eigenvalue weighted by molar-refractivity contribution is -0.123. The van der Waals surface area contributed by atoms with E-state index in [1.807, 2.05) is 30.3 Å². The summed E-state index contributed by atoms with van der Waals surface area (Å²) in [6, 6.07) is 20.9. The third-order valence-corrected chi connectivity index (χ3v) is 12.4. The van der Waals surface area contributed by atoms with Crippen molar-refractivity contribution in [2.24, 2.45) is 29.6 Å². The Morgan fingerprint density at radius 2 is 1.72 bits per heavy atom. The average Bonchev–Trinajstić information content (AvgIpc) is 3.80. The number of phenolic OH excluding ortho intramolecular Hbond substituents is 1. The summed E-state index contributed by atoms with van der Waals surface area (Å²) in [5, 5.41) is 13.1. The predicted molar refractivity (Wildman–Crippen MR) is 173 cm³/mol. The van der Waals surface area contributed by atoms with Crippen LogP contribution in [0.5, 0.6) is 17.2 Å². The van der Waals surface area contributed by atoms with Crippen LogP contribution in [0.15, 0.2) is 82.6 Å². The van der Waals surface area contributed by atoms with Gasteiger partial charge in [0.15, 0.2) is 18.1 Å². The second-order valence-electron chi connectivity index (χ2n) is 12.1. The fraction of sp³-hybridized carbons (Fsp3) is 0.294. The van der Waals surface area contributed by atoms with Crippen LogP contribution in [0, 0.1) is 29.6 Å². The smallest absolute Gasteiger partial charge is 0.305 e. The molecule has 7 atom stereocenters. The fourth-order valence-electron chi connectivity index (χ4n) is 8.10. The minimum Gasteiger partial charge on any atom is -0.508 e. The number of rotatable bonds is 7. The first kappa shape index (κ1) is 28.9. The zero-order valence-electron chi connectivity index (χ0n) is 24.5. The van der Waals surface area contributed by atoms with Crippen LogP contribution in [0.25, 0.3) is 0 Å². The van der Waals surface area contributed by atoms with Crippen LogP contribution in [-0.2, 0) is 14.4 Å². The van der Waals surface area contributed by atoms with Gasteiger partial charge in [-0.3, -0.25) is 24.1 Å². The van der Waals surface area contributed by atoms with Crippen LogP contribution in [-0.4, -0.2) is 46.8 Å². The molecule has 8 rings (SSSR count). The summed E-state index contributed by atoms with van der Waals surface area (Å²) in [5.74, 6) is -0.589. The molecule has 12 heteroatoms. The number of thiazole rings is 1. The third kappa shape index (κ3) is 4.53. The number of anilines is 2. The number of H-pyrrole nitrogens is 1. The number of fused-ring (bicyclic) bond motifs is 9. The first-order valence-corrected chi connectivity index (χ1v) is 16.7. The maximum Gasteiger partial charge on any atom is 0.305 e. The molecule has 4 aliphatic rings. The predicted octanol–water partition coefficient (Wildman–Crippen LogP) is 4.85. The molecule has 46 heavy (non-hydrogen) atoms. The van der Waals surface area contributed by atoms with Gasteiger partial charge in [-0.15, -0.1) is 11.8 Å². The fourth-order valence-corrected chi connectivity index (χ4v) is 11.0. The second-order valence-corrected chi connectivity index (χ2v) is 14.3. The van der Waals surface area contributed by atoms with Gasteiger partial charge in [0, 0.05) is 21.7 Å². The molecule has 4 aromatic rings. The monoisotopic (exact) mass is 655 g/mol. The van der Waals surface area contributed by atoms with Crippen molar-refractivity contribution in [2.45, 2.75) is 22.6 Å². The van der Waals surface area contributed by atoms with E-state index in [0.717, 1.165) is 21.9 Å². The van der Waals surface area contributed by atoms with Gasteiger partial charge in [0.2, 0.25) is 11.8 Å². The number of para-hydroxylation sites is 1. The van der Waals surface area contributed by atoms with Crippen LogP contribution in [0.3, 0.4) is 0 Å². The van der Waals surface area contributed by atoms with Gasteiger partial charge < -0.3 is 24.9 Å². The van der Waals surface area contributed by atoms with E-state index in [4.69, 9.17) is 9.47 Å². The highest BCUT2D eigenvalue weighted by Gasteiger charge is 2.69. The summed E-state index contributed by atoms with van der Waals surface area (Å²) in [6.45, 7) is -0.258. The van der Waals surface area contributed by atoms with Gasteiger partial charge in [-0.2, -0.15) is 0 Å². The number of thioether (sulfide) groups is 1. The molecule has 1 saturated heterocycles. The van der Waals surface area contributed by atoms with Crippen molar-refractivity contribution in [3.63, 3.8) is 0 Å². The SMILES string of the molecule is COc1cc([C@H]2c3sc(=O)[nH]c3SC3C4CC(C5C(=O)N(c6ccccc6)C(=O)C45)C32)ccc1OCC(=O)Nc1ccc(O)cc1. The Kier molecular flexibility index (Phi) is 6.95. The molecule has 234 valence electrons. The highest BCUT2D eigenvalue weighted by Crippen LogP contribution is 2.68. The van der Waals surface area contributed by atoms with Gasteiger partial charge in [0.05, 0.1) is 29.7 Å². The Morgan fingerprint density at radius 1 is 0.978 bits per heavy atom. The maximum atomic E-state index is 13.9. The molecule has 10 nitrogen and oxygen atoms in total.